The molecule has 1 aromatic carbocycles. The van der Waals surface area contributed by atoms with Crippen molar-refractivity contribution in [3.05, 3.63) is 50.7 Å². The first-order valence-electron chi connectivity index (χ1n) is 5.42. The molecule has 1 atom stereocenters. The Morgan fingerprint density at radius 2 is 2.33 bits per heavy atom. The Balaban J connectivity index is 2.22. The van der Waals surface area contributed by atoms with Crippen LogP contribution in [0.2, 0.25) is 5.02 Å². The molecule has 1 heterocycles. The van der Waals surface area contributed by atoms with Gasteiger partial charge in [-0.2, -0.15) is 0 Å². The highest BCUT2D eigenvalue weighted by Gasteiger charge is 2.15. The maximum atomic E-state index is 13.6. The fourth-order valence-electron chi connectivity index (χ4n) is 1.70. The summed E-state index contributed by atoms with van der Waals surface area (Å²) in [4.78, 5) is 5.15. The van der Waals surface area contributed by atoms with Crippen molar-refractivity contribution in [3.8, 4) is 0 Å². The Labute approximate surface area is 114 Å². The van der Waals surface area contributed by atoms with Gasteiger partial charge in [0.2, 0.25) is 0 Å². The first-order chi connectivity index (χ1) is 8.60. The summed E-state index contributed by atoms with van der Waals surface area (Å²) in [5, 5.41) is 1.47. The van der Waals surface area contributed by atoms with Crippen LogP contribution in [0.15, 0.2) is 24.4 Å². The zero-order valence-corrected chi connectivity index (χ0v) is 11.4. The fourth-order valence-corrected chi connectivity index (χ4v) is 2.74. The van der Waals surface area contributed by atoms with E-state index in [1.165, 1.54) is 12.1 Å². The minimum absolute atomic E-state index is 0.163. The van der Waals surface area contributed by atoms with Crippen LogP contribution in [0.5, 0.6) is 0 Å². The Bertz CT molecular complexity index is 544. The lowest BCUT2D eigenvalue weighted by Gasteiger charge is -2.14. The van der Waals surface area contributed by atoms with Gasteiger partial charge in [0.25, 0.3) is 0 Å². The molecule has 18 heavy (non-hydrogen) atoms. The Morgan fingerprint density at radius 3 is 2.94 bits per heavy atom. The van der Waals surface area contributed by atoms with E-state index in [1.54, 1.807) is 23.6 Å². The molecule has 6 heteroatoms. The van der Waals surface area contributed by atoms with Crippen molar-refractivity contribution in [1.29, 1.82) is 0 Å². The molecule has 0 saturated heterocycles. The van der Waals surface area contributed by atoms with E-state index in [1.807, 2.05) is 6.92 Å². The Hall–Kier alpha value is -1.01. The molecular weight excluding hydrogens is 273 g/mol. The molecule has 96 valence electrons. The lowest BCUT2D eigenvalue weighted by atomic mass is 10.1. The van der Waals surface area contributed by atoms with E-state index >= 15 is 0 Å². The summed E-state index contributed by atoms with van der Waals surface area (Å²) in [6, 6.07) is 4.35. The van der Waals surface area contributed by atoms with Crippen LogP contribution >= 0.6 is 22.9 Å². The average Bonchev–Trinajstić information content (AvgIpc) is 2.77. The van der Waals surface area contributed by atoms with Gasteiger partial charge in [0.1, 0.15) is 5.82 Å². The van der Waals surface area contributed by atoms with Crippen molar-refractivity contribution < 1.29 is 4.39 Å². The lowest BCUT2D eigenvalue weighted by molar-refractivity contribution is 0.535. The van der Waals surface area contributed by atoms with Crippen molar-refractivity contribution >= 4 is 22.9 Å². The molecule has 0 radical (unpaired) electrons. The highest BCUT2D eigenvalue weighted by atomic mass is 35.5. The van der Waals surface area contributed by atoms with Crippen molar-refractivity contribution in [3.63, 3.8) is 0 Å². The summed E-state index contributed by atoms with van der Waals surface area (Å²) < 4.78 is 13.6. The van der Waals surface area contributed by atoms with Crippen LogP contribution in [0.1, 0.15) is 21.5 Å². The minimum atomic E-state index is -0.277. The van der Waals surface area contributed by atoms with Crippen LogP contribution in [0.3, 0.4) is 0 Å². The molecule has 0 bridgehead atoms. The number of benzene rings is 1. The van der Waals surface area contributed by atoms with Crippen LogP contribution in [-0.4, -0.2) is 4.98 Å². The van der Waals surface area contributed by atoms with Crippen LogP contribution in [0, 0.1) is 12.7 Å². The largest absolute Gasteiger partial charge is 0.271 e. The van der Waals surface area contributed by atoms with Gasteiger partial charge in [-0.3, -0.25) is 11.3 Å². The molecular formula is C12H13ClFN3S. The number of aryl methyl sites for hydroxylation is 1. The molecule has 0 amide bonds. The van der Waals surface area contributed by atoms with Crippen molar-refractivity contribution in [2.75, 3.05) is 0 Å². The third kappa shape index (κ3) is 3.05. The molecule has 3 N–H and O–H groups in total. The second-order valence-corrected chi connectivity index (χ2v) is 5.64. The minimum Gasteiger partial charge on any atom is -0.271 e. The van der Waals surface area contributed by atoms with Gasteiger partial charge in [0, 0.05) is 16.1 Å². The van der Waals surface area contributed by atoms with Crippen LogP contribution < -0.4 is 11.3 Å². The second kappa shape index (κ2) is 5.75. The van der Waals surface area contributed by atoms with Gasteiger partial charge in [0.05, 0.1) is 11.0 Å². The molecule has 0 aliphatic rings. The lowest BCUT2D eigenvalue weighted by Crippen LogP contribution is -2.29. The number of aromatic nitrogens is 1. The van der Waals surface area contributed by atoms with E-state index in [9.17, 15) is 4.39 Å². The van der Waals surface area contributed by atoms with Crippen LogP contribution in [-0.2, 0) is 6.42 Å². The molecule has 2 rings (SSSR count). The number of hydrogen-bond acceptors (Lipinski definition) is 4. The molecule has 0 aliphatic carbocycles. The first kappa shape index (κ1) is 13.4. The fraction of sp³-hybridized carbons (Fsp3) is 0.250. The van der Waals surface area contributed by atoms with Crippen molar-refractivity contribution in [2.24, 2.45) is 5.84 Å². The quantitative estimate of drug-likeness (QED) is 0.671. The summed E-state index contributed by atoms with van der Waals surface area (Å²) in [5.41, 5.74) is 3.23. The summed E-state index contributed by atoms with van der Waals surface area (Å²) >= 11 is 7.41. The maximum absolute atomic E-state index is 13.6. The van der Waals surface area contributed by atoms with E-state index in [2.05, 4.69) is 10.4 Å². The molecule has 3 nitrogen and oxygen atoms in total. The molecule has 0 saturated carbocycles. The third-order valence-electron chi connectivity index (χ3n) is 2.62. The standard InChI is InChI=1S/C12H13ClFN3S/c1-7-16-6-12(18-7)11(17-15)5-8-4-9(13)2-3-10(8)14/h2-4,6,11,17H,5,15H2,1H3. The summed E-state index contributed by atoms with van der Waals surface area (Å²) in [6.45, 7) is 1.92. The maximum Gasteiger partial charge on any atom is 0.126 e. The van der Waals surface area contributed by atoms with Gasteiger partial charge in [0.15, 0.2) is 0 Å². The third-order valence-corrected chi connectivity index (χ3v) is 3.88. The summed E-state index contributed by atoms with van der Waals surface area (Å²) in [6.07, 6.45) is 2.19. The number of rotatable bonds is 4. The highest BCUT2D eigenvalue weighted by molar-refractivity contribution is 7.11. The second-order valence-electron chi connectivity index (χ2n) is 3.94. The van der Waals surface area contributed by atoms with Gasteiger partial charge >= 0.3 is 0 Å². The smallest absolute Gasteiger partial charge is 0.126 e. The molecule has 1 unspecified atom stereocenters. The van der Waals surface area contributed by atoms with E-state index in [4.69, 9.17) is 17.4 Å². The van der Waals surface area contributed by atoms with Crippen LogP contribution in [0.25, 0.3) is 0 Å². The van der Waals surface area contributed by atoms with E-state index < -0.39 is 0 Å². The SMILES string of the molecule is Cc1ncc(C(Cc2cc(Cl)ccc2F)NN)s1. The molecule has 0 aliphatic heterocycles. The number of hydrazine groups is 1. The zero-order chi connectivity index (χ0) is 13.1. The number of nitrogens with one attached hydrogen (secondary N) is 1. The number of hydrogen-bond donors (Lipinski definition) is 2. The van der Waals surface area contributed by atoms with Gasteiger partial charge < -0.3 is 0 Å². The van der Waals surface area contributed by atoms with E-state index in [-0.39, 0.29) is 11.9 Å². The normalized spacial score (nSPS) is 12.7. The van der Waals surface area contributed by atoms with Crippen molar-refractivity contribution in [1.82, 2.24) is 10.4 Å². The number of thiazole rings is 1. The van der Waals surface area contributed by atoms with Gasteiger partial charge in [-0.05, 0) is 37.1 Å². The molecule has 0 spiro atoms. The predicted molar refractivity (Wildman–Crippen MR) is 72.0 cm³/mol. The van der Waals surface area contributed by atoms with E-state index in [0.717, 1.165) is 9.88 Å². The average molecular weight is 286 g/mol. The Morgan fingerprint density at radius 1 is 1.56 bits per heavy atom. The molecule has 1 aromatic heterocycles. The topological polar surface area (TPSA) is 50.9 Å². The van der Waals surface area contributed by atoms with Crippen molar-refractivity contribution in [2.45, 2.75) is 19.4 Å². The highest BCUT2D eigenvalue weighted by Crippen LogP contribution is 2.25. The van der Waals surface area contributed by atoms with Crippen LogP contribution in [0.4, 0.5) is 4.39 Å². The number of nitrogens with zero attached hydrogens (tertiary/aromatic N) is 1. The molecule has 2 aromatic rings. The summed E-state index contributed by atoms with van der Waals surface area (Å²) in [5.74, 6) is 5.25. The monoisotopic (exact) mass is 285 g/mol. The first-order valence-corrected chi connectivity index (χ1v) is 6.62. The Kier molecular flexibility index (Phi) is 4.29. The molecule has 0 fully saturated rings. The van der Waals surface area contributed by atoms with Gasteiger partial charge in [-0.1, -0.05) is 11.6 Å². The number of halogens is 2. The summed E-state index contributed by atoms with van der Waals surface area (Å²) in [7, 11) is 0. The zero-order valence-electron chi connectivity index (χ0n) is 9.78. The van der Waals surface area contributed by atoms with Gasteiger partial charge in [-0.25, -0.2) is 9.37 Å². The number of nitrogens with two attached hydrogens (primary N) is 1. The predicted octanol–water partition coefficient (Wildman–Crippen LogP) is 2.99. The van der Waals surface area contributed by atoms with Gasteiger partial charge in [-0.15, -0.1) is 11.3 Å². The van der Waals surface area contributed by atoms with E-state index in [0.29, 0.717) is 17.0 Å².